The Hall–Kier alpha value is -0.730. The van der Waals surface area contributed by atoms with E-state index in [-0.39, 0.29) is 0 Å². The molecule has 0 heterocycles. The van der Waals surface area contributed by atoms with E-state index in [1.165, 1.54) is 18.4 Å². The minimum atomic E-state index is 0.547. The molecule has 16 heavy (non-hydrogen) atoms. The van der Waals surface area contributed by atoms with Gasteiger partial charge in [-0.1, -0.05) is 31.0 Å². The van der Waals surface area contributed by atoms with Crippen LogP contribution in [0.3, 0.4) is 0 Å². The Morgan fingerprint density at radius 2 is 2.19 bits per heavy atom. The number of ether oxygens (including phenoxy) is 1. The maximum absolute atomic E-state index is 6.05. The lowest BCUT2D eigenvalue weighted by Crippen LogP contribution is -2.25. The molecule has 0 radical (unpaired) electrons. The number of methoxy groups -OCH3 is 1. The first kappa shape index (κ1) is 13.3. The third-order valence-electron chi connectivity index (χ3n) is 2.59. The Morgan fingerprint density at radius 1 is 1.44 bits per heavy atom. The van der Waals surface area contributed by atoms with Crippen LogP contribution in [0.1, 0.15) is 32.3 Å². The molecule has 0 bridgehead atoms. The second-order valence-corrected chi connectivity index (χ2v) is 4.45. The number of nitrogens with one attached hydrogen (secondary N) is 1. The van der Waals surface area contributed by atoms with Gasteiger partial charge in [0.05, 0.1) is 12.1 Å². The zero-order valence-corrected chi connectivity index (χ0v) is 11.0. The Morgan fingerprint density at radius 3 is 2.75 bits per heavy atom. The molecule has 1 unspecified atom stereocenters. The second-order valence-electron chi connectivity index (χ2n) is 4.04. The quantitative estimate of drug-likeness (QED) is 0.821. The molecule has 3 heteroatoms. The van der Waals surface area contributed by atoms with E-state index < -0.39 is 0 Å². The first-order valence-electron chi connectivity index (χ1n) is 5.73. The van der Waals surface area contributed by atoms with Crippen LogP contribution in [0.15, 0.2) is 18.2 Å². The fraction of sp³-hybridized carbons (Fsp3) is 0.538. The highest BCUT2D eigenvalue weighted by Gasteiger charge is 2.03. The van der Waals surface area contributed by atoms with Gasteiger partial charge in [0.1, 0.15) is 5.75 Å². The summed E-state index contributed by atoms with van der Waals surface area (Å²) in [5.74, 6) is 0.729. The smallest absolute Gasteiger partial charge is 0.137 e. The van der Waals surface area contributed by atoms with Crippen LogP contribution in [-0.4, -0.2) is 13.2 Å². The molecule has 0 spiro atoms. The van der Waals surface area contributed by atoms with Crippen LogP contribution in [0.25, 0.3) is 0 Å². The van der Waals surface area contributed by atoms with E-state index in [4.69, 9.17) is 16.3 Å². The maximum atomic E-state index is 6.05. The minimum Gasteiger partial charge on any atom is -0.495 e. The van der Waals surface area contributed by atoms with Crippen LogP contribution in [0.2, 0.25) is 5.02 Å². The summed E-state index contributed by atoms with van der Waals surface area (Å²) in [7, 11) is 1.63. The van der Waals surface area contributed by atoms with E-state index in [9.17, 15) is 0 Å². The topological polar surface area (TPSA) is 21.3 Å². The van der Waals surface area contributed by atoms with Gasteiger partial charge < -0.3 is 10.1 Å². The van der Waals surface area contributed by atoms with E-state index in [2.05, 4.69) is 19.2 Å². The van der Waals surface area contributed by atoms with Crippen LogP contribution in [0.5, 0.6) is 5.75 Å². The van der Waals surface area contributed by atoms with Crippen molar-refractivity contribution in [1.82, 2.24) is 5.32 Å². The van der Waals surface area contributed by atoms with E-state index in [1.54, 1.807) is 7.11 Å². The minimum absolute atomic E-state index is 0.547. The molecule has 1 aromatic carbocycles. The van der Waals surface area contributed by atoms with Crippen molar-refractivity contribution in [2.75, 3.05) is 7.11 Å². The molecule has 0 saturated heterocycles. The summed E-state index contributed by atoms with van der Waals surface area (Å²) in [6, 6.07) is 6.44. The molecule has 0 amide bonds. The summed E-state index contributed by atoms with van der Waals surface area (Å²) in [5.41, 5.74) is 1.19. The standard InChI is InChI=1S/C13H20ClNO/c1-4-5-10(2)15-9-11-6-7-13(16-3)12(14)8-11/h6-8,10,15H,4-5,9H2,1-3H3. The molecule has 0 aromatic heterocycles. The summed E-state index contributed by atoms with van der Waals surface area (Å²) in [5, 5.41) is 4.14. The number of halogens is 1. The second kappa shape index (κ2) is 6.77. The molecule has 1 aromatic rings. The van der Waals surface area contributed by atoms with E-state index in [0.29, 0.717) is 11.1 Å². The molecule has 0 aliphatic rings. The van der Waals surface area contributed by atoms with Gasteiger partial charge in [0.2, 0.25) is 0 Å². The summed E-state index contributed by atoms with van der Waals surface area (Å²) >= 11 is 6.05. The number of hydrogen-bond acceptors (Lipinski definition) is 2. The van der Waals surface area contributed by atoms with E-state index in [1.807, 2.05) is 18.2 Å². The van der Waals surface area contributed by atoms with Gasteiger partial charge in [-0.05, 0) is 31.0 Å². The monoisotopic (exact) mass is 241 g/mol. The molecule has 1 N–H and O–H groups in total. The predicted molar refractivity (Wildman–Crippen MR) is 69.2 cm³/mol. The van der Waals surface area contributed by atoms with Crippen molar-refractivity contribution in [1.29, 1.82) is 0 Å². The first-order chi connectivity index (χ1) is 7.67. The lowest BCUT2D eigenvalue weighted by Gasteiger charge is -2.13. The molecule has 1 rings (SSSR count). The third-order valence-corrected chi connectivity index (χ3v) is 2.89. The van der Waals surface area contributed by atoms with Crippen molar-refractivity contribution < 1.29 is 4.74 Å². The SMILES string of the molecule is CCCC(C)NCc1ccc(OC)c(Cl)c1. The predicted octanol–water partition coefficient (Wildman–Crippen LogP) is 3.63. The highest BCUT2D eigenvalue weighted by molar-refractivity contribution is 6.32. The zero-order valence-electron chi connectivity index (χ0n) is 10.2. The highest BCUT2D eigenvalue weighted by Crippen LogP contribution is 2.24. The lowest BCUT2D eigenvalue weighted by atomic mass is 10.1. The Kier molecular flexibility index (Phi) is 5.64. The average Bonchev–Trinajstić information content (AvgIpc) is 2.27. The van der Waals surface area contributed by atoms with Crippen LogP contribution >= 0.6 is 11.6 Å². The zero-order chi connectivity index (χ0) is 12.0. The van der Waals surface area contributed by atoms with Crippen molar-refractivity contribution in [2.24, 2.45) is 0 Å². The van der Waals surface area contributed by atoms with Crippen LogP contribution in [0, 0.1) is 0 Å². The number of rotatable bonds is 6. The molecule has 90 valence electrons. The van der Waals surface area contributed by atoms with Crippen LogP contribution in [-0.2, 0) is 6.54 Å². The van der Waals surface area contributed by atoms with Gasteiger partial charge in [-0.15, -0.1) is 0 Å². The maximum Gasteiger partial charge on any atom is 0.137 e. The molecule has 0 aliphatic heterocycles. The van der Waals surface area contributed by atoms with Gasteiger partial charge in [0, 0.05) is 12.6 Å². The summed E-state index contributed by atoms with van der Waals surface area (Å²) < 4.78 is 5.11. The summed E-state index contributed by atoms with van der Waals surface area (Å²) in [6.07, 6.45) is 2.40. The molecular weight excluding hydrogens is 222 g/mol. The fourth-order valence-electron chi connectivity index (χ4n) is 1.65. The molecule has 0 aliphatic carbocycles. The van der Waals surface area contributed by atoms with Crippen molar-refractivity contribution in [3.8, 4) is 5.75 Å². The van der Waals surface area contributed by atoms with Crippen molar-refractivity contribution in [2.45, 2.75) is 39.3 Å². The normalized spacial score (nSPS) is 12.5. The first-order valence-corrected chi connectivity index (χ1v) is 6.11. The Labute approximate surface area is 103 Å². The summed E-state index contributed by atoms with van der Waals surface area (Å²) in [6.45, 7) is 5.25. The van der Waals surface area contributed by atoms with Crippen molar-refractivity contribution >= 4 is 11.6 Å². The van der Waals surface area contributed by atoms with E-state index >= 15 is 0 Å². The van der Waals surface area contributed by atoms with Crippen LogP contribution in [0.4, 0.5) is 0 Å². The van der Waals surface area contributed by atoms with Crippen molar-refractivity contribution in [3.05, 3.63) is 28.8 Å². The van der Waals surface area contributed by atoms with Gasteiger partial charge in [0.25, 0.3) is 0 Å². The Balaban J connectivity index is 2.51. The van der Waals surface area contributed by atoms with Crippen molar-refractivity contribution in [3.63, 3.8) is 0 Å². The van der Waals surface area contributed by atoms with Crippen LogP contribution < -0.4 is 10.1 Å². The largest absolute Gasteiger partial charge is 0.495 e. The summed E-state index contributed by atoms with van der Waals surface area (Å²) in [4.78, 5) is 0. The third kappa shape index (κ3) is 4.03. The Bertz CT molecular complexity index is 328. The highest BCUT2D eigenvalue weighted by atomic mass is 35.5. The molecule has 1 atom stereocenters. The van der Waals surface area contributed by atoms with Gasteiger partial charge in [-0.2, -0.15) is 0 Å². The molecule has 2 nitrogen and oxygen atoms in total. The molecular formula is C13H20ClNO. The fourth-order valence-corrected chi connectivity index (χ4v) is 1.93. The number of benzene rings is 1. The van der Waals surface area contributed by atoms with Gasteiger partial charge in [-0.3, -0.25) is 0 Å². The number of hydrogen-bond donors (Lipinski definition) is 1. The lowest BCUT2D eigenvalue weighted by molar-refractivity contribution is 0.414. The average molecular weight is 242 g/mol. The van der Waals surface area contributed by atoms with Gasteiger partial charge >= 0.3 is 0 Å². The van der Waals surface area contributed by atoms with Gasteiger partial charge in [-0.25, -0.2) is 0 Å². The molecule has 0 saturated carbocycles. The molecule has 0 fully saturated rings. The van der Waals surface area contributed by atoms with E-state index in [0.717, 1.165) is 12.3 Å². The van der Waals surface area contributed by atoms with Gasteiger partial charge in [0.15, 0.2) is 0 Å².